The molecule has 21 heavy (non-hydrogen) atoms. The maximum absolute atomic E-state index is 3.70. The molecule has 112 valence electrons. The van der Waals surface area contributed by atoms with Crippen LogP contribution in [-0.4, -0.2) is 13.6 Å². The van der Waals surface area contributed by atoms with Crippen LogP contribution in [0.25, 0.3) is 0 Å². The Morgan fingerprint density at radius 3 is 2.62 bits per heavy atom. The second-order valence-electron chi connectivity index (χ2n) is 5.40. The zero-order valence-corrected chi connectivity index (χ0v) is 14.6. The minimum absolute atomic E-state index is 0.894. The molecule has 0 unspecified atom stereocenters. The van der Waals surface area contributed by atoms with Gasteiger partial charge in [0.05, 0.1) is 0 Å². The minimum Gasteiger partial charge on any atom is -0.370 e. The van der Waals surface area contributed by atoms with Crippen LogP contribution in [-0.2, 0) is 13.1 Å². The number of benzene rings is 2. The summed E-state index contributed by atoms with van der Waals surface area (Å²) in [7, 11) is 2.13. The summed E-state index contributed by atoms with van der Waals surface area (Å²) in [5.74, 6) is 0. The molecule has 0 aliphatic rings. The lowest BCUT2D eigenvalue weighted by Gasteiger charge is -2.21. The summed E-state index contributed by atoms with van der Waals surface area (Å²) in [6.07, 6.45) is 0. The van der Waals surface area contributed by atoms with Crippen molar-refractivity contribution in [2.45, 2.75) is 26.9 Å². The summed E-state index contributed by atoms with van der Waals surface area (Å²) >= 11 is 3.70. The average molecular weight is 347 g/mol. The number of hydrogen-bond donors (Lipinski definition) is 1. The number of anilines is 1. The van der Waals surface area contributed by atoms with Crippen molar-refractivity contribution in [1.29, 1.82) is 0 Å². The number of hydrogen-bond acceptors (Lipinski definition) is 2. The highest BCUT2D eigenvalue weighted by molar-refractivity contribution is 9.10. The number of nitrogens with zero attached hydrogens (tertiary/aromatic N) is 1. The van der Waals surface area contributed by atoms with Gasteiger partial charge in [0.15, 0.2) is 0 Å². The van der Waals surface area contributed by atoms with E-state index >= 15 is 0 Å². The van der Waals surface area contributed by atoms with Gasteiger partial charge in [0.25, 0.3) is 0 Å². The molecule has 0 radical (unpaired) electrons. The van der Waals surface area contributed by atoms with Crippen molar-refractivity contribution in [3.63, 3.8) is 0 Å². The molecular formula is C18H23BrN2. The van der Waals surface area contributed by atoms with E-state index in [1.807, 2.05) is 0 Å². The summed E-state index contributed by atoms with van der Waals surface area (Å²) in [6.45, 7) is 7.06. The predicted octanol–water partition coefficient (Wildman–Crippen LogP) is 4.50. The lowest BCUT2D eigenvalue weighted by Crippen LogP contribution is -2.17. The largest absolute Gasteiger partial charge is 0.370 e. The summed E-state index contributed by atoms with van der Waals surface area (Å²) in [5.41, 5.74) is 5.16. The van der Waals surface area contributed by atoms with Crippen LogP contribution in [0, 0.1) is 6.92 Å². The van der Waals surface area contributed by atoms with Crippen molar-refractivity contribution in [2.24, 2.45) is 0 Å². The number of halogens is 1. The molecule has 0 saturated heterocycles. The van der Waals surface area contributed by atoms with E-state index in [1.165, 1.54) is 26.9 Å². The van der Waals surface area contributed by atoms with Crippen molar-refractivity contribution in [2.75, 3.05) is 18.5 Å². The fraction of sp³-hybridized carbons (Fsp3) is 0.333. The molecule has 0 amide bonds. The second-order valence-corrected chi connectivity index (χ2v) is 6.26. The van der Waals surface area contributed by atoms with Gasteiger partial charge in [0.2, 0.25) is 0 Å². The molecule has 2 rings (SSSR count). The van der Waals surface area contributed by atoms with E-state index in [9.17, 15) is 0 Å². The molecule has 0 saturated carbocycles. The quantitative estimate of drug-likeness (QED) is 0.828. The Morgan fingerprint density at radius 2 is 1.95 bits per heavy atom. The van der Waals surface area contributed by atoms with Gasteiger partial charge in [-0.1, -0.05) is 47.1 Å². The van der Waals surface area contributed by atoms with Crippen molar-refractivity contribution < 1.29 is 0 Å². The number of rotatable bonds is 6. The Hall–Kier alpha value is -1.32. The van der Waals surface area contributed by atoms with Crippen LogP contribution < -0.4 is 10.2 Å². The molecule has 0 aliphatic carbocycles. The molecule has 0 aromatic heterocycles. The minimum atomic E-state index is 0.894. The summed E-state index contributed by atoms with van der Waals surface area (Å²) in [5, 5.41) is 3.35. The van der Waals surface area contributed by atoms with E-state index in [1.54, 1.807) is 0 Å². The highest BCUT2D eigenvalue weighted by Gasteiger charge is 2.06. The molecule has 0 aliphatic heterocycles. The van der Waals surface area contributed by atoms with Crippen LogP contribution in [0.15, 0.2) is 46.9 Å². The van der Waals surface area contributed by atoms with Gasteiger partial charge in [0, 0.05) is 30.3 Å². The van der Waals surface area contributed by atoms with Crippen molar-refractivity contribution >= 4 is 21.6 Å². The molecule has 2 nitrogen and oxygen atoms in total. The molecule has 2 aromatic carbocycles. The summed E-state index contributed by atoms with van der Waals surface area (Å²) < 4.78 is 1.18. The van der Waals surface area contributed by atoms with Crippen molar-refractivity contribution in [1.82, 2.24) is 5.32 Å². The highest BCUT2D eigenvalue weighted by atomic mass is 79.9. The molecule has 3 heteroatoms. The van der Waals surface area contributed by atoms with Crippen LogP contribution >= 0.6 is 15.9 Å². The summed E-state index contributed by atoms with van der Waals surface area (Å²) in [6, 6.07) is 15.2. The lowest BCUT2D eigenvalue weighted by atomic mass is 10.1. The van der Waals surface area contributed by atoms with Crippen LogP contribution in [0.4, 0.5) is 5.69 Å². The van der Waals surface area contributed by atoms with E-state index < -0.39 is 0 Å². The first-order valence-electron chi connectivity index (χ1n) is 7.36. The van der Waals surface area contributed by atoms with Crippen LogP contribution in [0.2, 0.25) is 0 Å². The maximum atomic E-state index is 3.70. The molecule has 0 heterocycles. The van der Waals surface area contributed by atoms with E-state index in [2.05, 4.69) is 89.5 Å². The first kappa shape index (κ1) is 16.1. The van der Waals surface area contributed by atoms with Gasteiger partial charge >= 0.3 is 0 Å². The number of nitrogens with one attached hydrogen (secondary N) is 1. The van der Waals surface area contributed by atoms with Crippen LogP contribution in [0.5, 0.6) is 0 Å². The monoisotopic (exact) mass is 346 g/mol. The van der Waals surface area contributed by atoms with Gasteiger partial charge in [-0.15, -0.1) is 0 Å². The Kier molecular flexibility index (Phi) is 5.83. The van der Waals surface area contributed by atoms with E-state index in [0.29, 0.717) is 0 Å². The first-order valence-corrected chi connectivity index (χ1v) is 8.15. The predicted molar refractivity (Wildman–Crippen MR) is 94.8 cm³/mol. The Morgan fingerprint density at radius 1 is 1.14 bits per heavy atom. The number of aryl methyl sites for hydroxylation is 1. The van der Waals surface area contributed by atoms with Crippen molar-refractivity contribution in [3.8, 4) is 0 Å². The van der Waals surface area contributed by atoms with E-state index in [0.717, 1.165) is 19.6 Å². The fourth-order valence-corrected chi connectivity index (χ4v) is 2.86. The molecule has 2 aromatic rings. The van der Waals surface area contributed by atoms with Gasteiger partial charge in [0.1, 0.15) is 0 Å². The third-order valence-electron chi connectivity index (χ3n) is 3.55. The molecule has 0 spiro atoms. The van der Waals surface area contributed by atoms with Gasteiger partial charge in [-0.05, 0) is 48.4 Å². The summed E-state index contributed by atoms with van der Waals surface area (Å²) in [4.78, 5) is 2.27. The van der Waals surface area contributed by atoms with Crippen molar-refractivity contribution in [3.05, 3.63) is 63.6 Å². The van der Waals surface area contributed by atoms with E-state index in [-0.39, 0.29) is 0 Å². The smallest absolute Gasteiger partial charge is 0.0437 e. The van der Waals surface area contributed by atoms with Gasteiger partial charge in [-0.25, -0.2) is 0 Å². The Balaban J connectivity index is 2.08. The van der Waals surface area contributed by atoms with Crippen LogP contribution in [0.3, 0.4) is 0 Å². The highest BCUT2D eigenvalue weighted by Crippen LogP contribution is 2.23. The molecule has 1 N–H and O–H groups in total. The third kappa shape index (κ3) is 4.58. The molecular weight excluding hydrogens is 324 g/mol. The third-order valence-corrected chi connectivity index (χ3v) is 4.28. The fourth-order valence-electron chi connectivity index (χ4n) is 2.31. The second kappa shape index (κ2) is 7.62. The topological polar surface area (TPSA) is 15.3 Å². The maximum Gasteiger partial charge on any atom is 0.0437 e. The Labute approximate surface area is 136 Å². The molecule has 0 fully saturated rings. The Bertz CT molecular complexity index is 596. The van der Waals surface area contributed by atoms with Crippen LogP contribution in [0.1, 0.15) is 23.6 Å². The lowest BCUT2D eigenvalue weighted by molar-refractivity contribution is 0.726. The zero-order chi connectivity index (χ0) is 15.2. The van der Waals surface area contributed by atoms with E-state index in [4.69, 9.17) is 0 Å². The standard InChI is InChI=1S/C18H23BrN2/c1-4-20-12-15-8-9-16(18(19)11-15)13-21(3)17-7-5-6-14(2)10-17/h5-11,20H,4,12-13H2,1-3H3. The molecule has 0 bridgehead atoms. The zero-order valence-electron chi connectivity index (χ0n) is 13.0. The average Bonchev–Trinajstić information content (AvgIpc) is 2.47. The van der Waals surface area contributed by atoms with Gasteiger partial charge in [-0.3, -0.25) is 0 Å². The molecule has 0 atom stereocenters. The normalized spacial score (nSPS) is 10.7. The van der Waals surface area contributed by atoms with Gasteiger partial charge < -0.3 is 10.2 Å². The SMILES string of the molecule is CCNCc1ccc(CN(C)c2cccc(C)c2)c(Br)c1. The van der Waals surface area contributed by atoms with Gasteiger partial charge in [-0.2, -0.15) is 0 Å². The first-order chi connectivity index (χ1) is 10.1.